The summed E-state index contributed by atoms with van der Waals surface area (Å²) < 4.78 is 0. The molecule has 0 N–H and O–H groups in total. The summed E-state index contributed by atoms with van der Waals surface area (Å²) in [5.41, 5.74) is 4.96. The Morgan fingerprint density at radius 3 is 1.50 bits per heavy atom. The van der Waals surface area contributed by atoms with E-state index in [-0.39, 0.29) is 0 Å². The number of rotatable bonds is 4. The normalized spacial score (nSPS) is 10.8. The summed E-state index contributed by atoms with van der Waals surface area (Å²) in [6, 6.07) is 4.45. The van der Waals surface area contributed by atoms with Gasteiger partial charge in [-0.25, -0.2) is 0 Å². The first kappa shape index (κ1) is 14.4. The Labute approximate surface area is 111 Å². The zero-order valence-electron chi connectivity index (χ0n) is 12.7. The van der Waals surface area contributed by atoms with Crippen molar-refractivity contribution in [3.05, 3.63) is 23.8 Å². The molecule has 1 aromatic rings. The van der Waals surface area contributed by atoms with Gasteiger partial charge in [-0.15, -0.1) is 0 Å². The fraction of sp³-hybridized carbons (Fsp3) is 0.467. The lowest BCUT2D eigenvalue weighted by Crippen LogP contribution is -2.18. The van der Waals surface area contributed by atoms with Crippen LogP contribution in [0.15, 0.2) is 18.2 Å². The van der Waals surface area contributed by atoms with Gasteiger partial charge in [0.05, 0.1) is 0 Å². The lowest BCUT2D eigenvalue weighted by atomic mass is 10.1. The second-order valence-electron chi connectivity index (χ2n) is 5.08. The van der Waals surface area contributed by atoms with Crippen LogP contribution in [0.2, 0.25) is 0 Å². The van der Waals surface area contributed by atoms with E-state index < -0.39 is 0 Å². The maximum atomic E-state index is 2.22. The molecule has 3 nitrogen and oxygen atoms in total. The molecular formula is C15H25N3. The third-order valence-electron chi connectivity index (χ3n) is 2.93. The second-order valence-corrected chi connectivity index (χ2v) is 5.08. The predicted molar refractivity (Wildman–Crippen MR) is 84.1 cm³/mol. The molecule has 3 heteroatoms. The molecule has 0 fully saturated rings. The van der Waals surface area contributed by atoms with Crippen molar-refractivity contribution >= 4 is 23.1 Å². The molecule has 0 bridgehead atoms. The summed E-state index contributed by atoms with van der Waals surface area (Å²) in [5, 5.41) is 0. The number of hydrogen-bond acceptors (Lipinski definition) is 3. The quantitative estimate of drug-likeness (QED) is 0.810. The molecule has 0 aliphatic heterocycles. The largest absolute Gasteiger partial charge is 0.378 e. The van der Waals surface area contributed by atoms with Crippen LogP contribution in [0.25, 0.3) is 6.08 Å². The van der Waals surface area contributed by atoms with Gasteiger partial charge in [0.1, 0.15) is 0 Å². The minimum Gasteiger partial charge on any atom is -0.378 e. The summed E-state index contributed by atoms with van der Waals surface area (Å²) in [7, 11) is 12.5. The van der Waals surface area contributed by atoms with E-state index in [1.165, 1.54) is 22.6 Å². The minimum atomic E-state index is 1.22. The van der Waals surface area contributed by atoms with E-state index in [9.17, 15) is 0 Å². The van der Waals surface area contributed by atoms with Crippen molar-refractivity contribution in [1.29, 1.82) is 0 Å². The lowest BCUT2D eigenvalue weighted by Gasteiger charge is -2.26. The number of allylic oxidation sites excluding steroid dienone is 1. The Kier molecular flexibility index (Phi) is 4.65. The van der Waals surface area contributed by atoms with E-state index in [1.54, 1.807) is 0 Å². The summed E-state index contributed by atoms with van der Waals surface area (Å²) in [6.45, 7) is 2.05. The standard InChI is InChI=1S/C15H25N3/c1-8-9-13-14(17(4)5)10-12(16(2)3)11-15(13)18(6)7/h8-11H,1-7H3. The fourth-order valence-electron chi connectivity index (χ4n) is 1.94. The maximum absolute atomic E-state index is 2.22. The highest BCUT2D eigenvalue weighted by atomic mass is 15.1. The molecule has 0 radical (unpaired) electrons. The van der Waals surface area contributed by atoms with Crippen molar-refractivity contribution in [2.45, 2.75) is 6.92 Å². The maximum Gasteiger partial charge on any atom is 0.0476 e. The highest BCUT2D eigenvalue weighted by Crippen LogP contribution is 2.34. The zero-order valence-corrected chi connectivity index (χ0v) is 12.7. The first-order valence-electron chi connectivity index (χ1n) is 6.21. The van der Waals surface area contributed by atoms with Gasteiger partial charge in [0, 0.05) is 64.9 Å². The van der Waals surface area contributed by atoms with Gasteiger partial charge < -0.3 is 14.7 Å². The van der Waals surface area contributed by atoms with Crippen molar-refractivity contribution in [2.75, 3.05) is 57.0 Å². The van der Waals surface area contributed by atoms with Crippen LogP contribution in [-0.2, 0) is 0 Å². The lowest BCUT2D eigenvalue weighted by molar-refractivity contribution is 1.07. The topological polar surface area (TPSA) is 9.72 Å². The molecule has 0 unspecified atom stereocenters. The van der Waals surface area contributed by atoms with Crippen LogP contribution in [0, 0.1) is 0 Å². The smallest absolute Gasteiger partial charge is 0.0476 e. The van der Waals surface area contributed by atoms with Gasteiger partial charge >= 0.3 is 0 Å². The average molecular weight is 247 g/mol. The highest BCUT2D eigenvalue weighted by molar-refractivity contribution is 5.83. The van der Waals surface area contributed by atoms with Crippen LogP contribution >= 0.6 is 0 Å². The average Bonchev–Trinajstić information content (AvgIpc) is 2.28. The molecule has 0 aliphatic carbocycles. The second kappa shape index (κ2) is 5.80. The van der Waals surface area contributed by atoms with E-state index in [0.29, 0.717) is 0 Å². The summed E-state index contributed by atoms with van der Waals surface area (Å²) in [6.07, 6.45) is 4.26. The van der Waals surface area contributed by atoms with E-state index in [0.717, 1.165) is 0 Å². The van der Waals surface area contributed by atoms with Crippen molar-refractivity contribution in [1.82, 2.24) is 0 Å². The number of nitrogens with zero attached hydrogens (tertiary/aromatic N) is 3. The SMILES string of the molecule is CC=Cc1c(N(C)C)cc(N(C)C)cc1N(C)C. The summed E-state index contributed by atoms with van der Waals surface area (Å²) in [4.78, 5) is 6.46. The van der Waals surface area contributed by atoms with Gasteiger partial charge in [0.25, 0.3) is 0 Å². The van der Waals surface area contributed by atoms with Crippen molar-refractivity contribution < 1.29 is 0 Å². The minimum absolute atomic E-state index is 1.22. The van der Waals surface area contributed by atoms with Crippen LogP contribution in [0.4, 0.5) is 17.1 Å². The van der Waals surface area contributed by atoms with Crippen LogP contribution < -0.4 is 14.7 Å². The predicted octanol–water partition coefficient (Wildman–Crippen LogP) is 2.92. The Bertz CT molecular complexity index is 402. The molecule has 0 saturated heterocycles. The van der Waals surface area contributed by atoms with Crippen molar-refractivity contribution in [3.63, 3.8) is 0 Å². The van der Waals surface area contributed by atoms with Gasteiger partial charge in [-0.3, -0.25) is 0 Å². The van der Waals surface area contributed by atoms with Crippen LogP contribution in [0.5, 0.6) is 0 Å². The van der Waals surface area contributed by atoms with Gasteiger partial charge in [0.2, 0.25) is 0 Å². The summed E-state index contributed by atoms with van der Waals surface area (Å²) in [5.74, 6) is 0. The molecule has 1 aromatic carbocycles. The molecule has 0 heterocycles. The molecule has 0 amide bonds. The van der Waals surface area contributed by atoms with Gasteiger partial charge in [-0.1, -0.05) is 12.2 Å². The third kappa shape index (κ3) is 2.97. The highest BCUT2D eigenvalue weighted by Gasteiger charge is 2.12. The Morgan fingerprint density at radius 2 is 1.22 bits per heavy atom. The van der Waals surface area contributed by atoms with Gasteiger partial charge in [-0.2, -0.15) is 0 Å². The molecule has 1 rings (SSSR count). The van der Waals surface area contributed by atoms with Crippen LogP contribution in [0.1, 0.15) is 12.5 Å². The van der Waals surface area contributed by atoms with Gasteiger partial charge in [-0.05, 0) is 19.1 Å². The molecule has 0 atom stereocenters. The molecule has 18 heavy (non-hydrogen) atoms. The van der Waals surface area contributed by atoms with Crippen LogP contribution in [0.3, 0.4) is 0 Å². The van der Waals surface area contributed by atoms with E-state index in [2.05, 4.69) is 88.2 Å². The van der Waals surface area contributed by atoms with E-state index in [4.69, 9.17) is 0 Å². The fourth-order valence-corrected chi connectivity index (χ4v) is 1.94. The molecule has 0 spiro atoms. The van der Waals surface area contributed by atoms with Crippen LogP contribution in [-0.4, -0.2) is 42.3 Å². The van der Waals surface area contributed by atoms with Crippen molar-refractivity contribution in [2.24, 2.45) is 0 Å². The number of hydrogen-bond donors (Lipinski definition) is 0. The van der Waals surface area contributed by atoms with Gasteiger partial charge in [0.15, 0.2) is 0 Å². The first-order valence-corrected chi connectivity index (χ1v) is 6.21. The third-order valence-corrected chi connectivity index (χ3v) is 2.93. The summed E-state index contributed by atoms with van der Waals surface area (Å²) >= 11 is 0. The Hall–Kier alpha value is -1.64. The Morgan fingerprint density at radius 1 is 0.778 bits per heavy atom. The molecule has 100 valence electrons. The first-order chi connectivity index (χ1) is 8.38. The van der Waals surface area contributed by atoms with E-state index >= 15 is 0 Å². The molecule has 0 saturated carbocycles. The van der Waals surface area contributed by atoms with E-state index in [1.807, 2.05) is 0 Å². The monoisotopic (exact) mass is 247 g/mol. The van der Waals surface area contributed by atoms with Crippen molar-refractivity contribution in [3.8, 4) is 0 Å². The number of benzene rings is 1. The number of anilines is 3. The zero-order chi connectivity index (χ0) is 13.9. The molecule has 0 aliphatic rings. The molecule has 0 aromatic heterocycles. The molecular weight excluding hydrogens is 222 g/mol. The Balaban J connectivity index is 3.54.